The molecule has 0 spiro atoms. The lowest BCUT2D eigenvalue weighted by Gasteiger charge is -2.35. The smallest absolute Gasteiger partial charge is 0.264 e. The third kappa shape index (κ3) is 2.32. The number of nitrogens with zero attached hydrogens (tertiary/aromatic N) is 5. The molecule has 0 saturated carbocycles. The van der Waals surface area contributed by atoms with Gasteiger partial charge in [-0.1, -0.05) is 0 Å². The molecule has 0 bridgehead atoms. The molecule has 0 radical (unpaired) electrons. The molecule has 3 heterocycles. The van der Waals surface area contributed by atoms with E-state index in [2.05, 4.69) is 10.1 Å². The van der Waals surface area contributed by atoms with Gasteiger partial charge in [0, 0.05) is 20.1 Å². The summed E-state index contributed by atoms with van der Waals surface area (Å²) in [6.45, 7) is 1.44. The number of aliphatic hydroxyl groups is 1. The Balaban J connectivity index is 1.91. The van der Waals surface area contributed by atoms with E-state index in [-0.39, 0.29) is 12.1 Å². The standard InChI is InChI=1S/C12H16ClN5O2/c1-16-10-9(6-15-16)11(19)17(8-14-10)7-12(20)2-4-18(13)5-3-12/h6,8,20H,2-5,7H2,1H3. The van der Waals surface area contributed by atoms with E-state index in [0.717, 1.165) is 0 Å². The molecule has 2 aromatic rings. The Morgan fingerprint density at radius 2 is 2.15 bits per heavy atom. The fourth-order valence-corrected chi connectivity index (χ4v) is 2.72. The molecule has 1 N–H and O–H groups in total. The van der Waals surface area contributed by atoms with Gasteiger partial charge in [-0.05, 0) is 24.6 Å². The van der Waals surface area contributed by atoms with E-state index in [1.54, 1.807) is 16.1 Å². The molecule has 20 heavy (non-hydrogen) atoms. The van der Waals surface area contributed by atoms with Gasteiger partial charge in [0.15, 0.2) is 5.65 Å². The minimum Gasteiger partial charge on any atom is -0.388 e. The van der Waals surface area contributed by atoms with E-state index in [1.807, 2.05) is 0 Å². The average Bonchev–Trinajstić information content (AvgIpc) is 2.79. The van der Waals surface area contributed by atoms with Crippen LogP contribution in [0.3, 0.4) is 0 Å². The Morgan fingerprint density at radius 3 is 2.85 bits per heavy atom. The summed E-state index contributed by atoms with van der Waals surface area (Å²) in [4.78, 5) is 16.6. The summed E-state index contributed by atoms with van der Waals surface area (Å²) in [6, 6.07) is 0. The number of hydrogen-bond acceptors (Lipinski definition) is 5. The summed E-state index contributed by atoms with van der Waals surface area (Å²) in [5.41, 5.74) is -0.536. The van der Waals surface area contributed by atoms with E-state index in [9.17, 15) is 9.90 Å². The fraction of sp³-hybridized carbons (Fsp3) is 0.583. The Labute approximate surface area is 120 Å². The van der Waals surface area contributed by atoms with Crippen molar-refractivity contribution in [2.75, 3.05) is 13.1 Å². The van der Waals surface area contributed by atoms with Crippen LogP contribution in [0.25, 0.3) is 11.0 Å². The van der Waals surface area contributed by atoms with Crippen molar-refractivity contribution in [3.63, 3.8) is 0 Å². The Hall–Kier alpha value is -1.44. The first-order chi connectivity index (χ1) is 9.48. The highest BCUT2D eigenvalue weighted by Crippen LogP contribution is 2.24. The topological polar surface area (TPSA) is 76.2 Å². The molecule has 8 heteroatoms. The molecule has 3 rings (SSSR count). The number of piperidine rings is 1. The van der Waals surface area contributed by atoms with Crippen LogP contribution in [-0.4, -0.2) is 47.5 Å². The van der Waals surface area contributed by atoms with Crippen molar-refractivity contribution in [2.24, 2.45) is 7.05 Å². The highest BCUT2D eigenvalue weighted by molar-refractivity contribution is 6.13. The molecule has 7 nitrogen and oxygen atoms in total. The van der Waals surface area contributed by atoms with E-state index in [4.69, 9.17) is 11.8 Å². The van der Waals surface area contributed by atoms with Crippen molar-refractivity contribution >= 4 is 22.8 Å². The van der Waals surface area contributed by atoms with Gasteiger partial charge in [0.2, 0.25) is 0 Å². The quantitative estimate of drug-likeness (QED) is 0.796. The largest absolute Gasteiger partial charge is 0.388 e. The number of aryl methyl sites for hydroxylation is 1. The first-order valence-corrected chi connectivity index (χ1v) is 6.83. The predicted octanol–water partition coefficient (Wildman–Crippen LogP) is 0.111. The molecule has 0 unspecified atom stereocenters. The lowest BCUT2D eigenvalue weighted by molar-refractivity contribution is -0.0201. The van der Waals surface area contributed by atoms with Crippen molar-refractivity contribution in [3.05, 3.63) is 22.9 Å². The third-order valence-corrected chi connectivity index (χ3v) is 4.16. The van der Waals surface area contributed by atoms with Crippen LogP contribution >= 0.6 is 11.8 Å². The van der Waals surface area contributed by atoms with Crippen LogP contribution in [0.4, 0.5) is 0 Å². The van der Waals surface area contributed by atoms with E-state index < -0.39 is 5.60 Å². The van der Waals surface area contributed by atoms with Gasteiger partial charge in [0.05, 0.1) is 18.3 Å². The van der Waals surface area contributed by atoms with Crippen molar-refractivity contribution < 1.29 is 5.11 Å². The second kappa shape index (κ2) is 4.83. The van der Waals surface area contributed by atoms with Crippen LogP contribution in [0.2, 0.25) is 0 Å². The third-order valence-electron chi connectivity index (χ3n) is 3.82. The SMILES string of the molecule is Cn1ncc2c(=O)n(CC3(O)CCN(Cl)CC3)cnc21. The highest BCUT2D eigenvalue weighted by Gasteiger charge is 2.32. The van der Waals surface area contributed by atoms with Crippen LogP contribution in [0, 0.1) is 0 Å². The second-order valence-corrected chi connectivity index (χ2v) is 5.80. The van der Waals surface area contributed by atoms with Crippen molar-refractivity contribution in [1.29, 1.82) is 0 Å². The number of rotatable bonds is 2. The lowest BCUT2D eigenvalue weighted by atomic mass is 9.92. The molecule has 0 aromatic carbocycles. The van der Waals surface area contributed by atoms with E-state index in [1.165, 1.54) is 17.1 Å². The van der Waals surface area contributed by atoms with Gasteiger partial charge < -0.3 is 5.11 Å². The van der Waals surface area contributed by atoms with Crippen molar-refractivity contribution in [1.82, 2.24) is 23.8 Å². The van der Waals surface area contributed by atoms with Gasteiger partial charge in [0.25, 0.3) is 5.56 Å². The van der Waals surface area contributed by atoms with Crippen LogP contribution in [0.5, 0.6) is 0 Å². The van der Waals surface area contributed by atoms with Crippen LogP contribution in [-0.2, 0) is 13.6 Å². The van der Waals surface area contributed by atoms with Gasteiger partial charge in [-0.15, -0.1) is 0 Å². The molecule has 0 aliphatic carbocycles. The summed E-state index contributed by atoms with van der Waals surface area (Å²) in [5, 5.41) is 15.0. The van der Waals surface area contributed by atoms with E-state index >= 15 is 0 Å². The molecule has 1 fully saturated rings. The monoisotopic (exact) mass is 297 g/mol. The molecule has 2 aromatic heterocycles. The summed E-state index contributed by atoms with van der Waals surface area (Å²) < 4.78 is 4.66. The maximum Gasteiger partial charge on any atom is 0.264 e. The molecule has 108 valence electrons. The Morgan fingerprint density at radius 1 is 1.45 bits per heavy atom. The average molecular weight is 298 g/mol. The molecular formula is C12H16ClN5O2. The van der Waals surface area contributed by atoms with Gasteiger partial charge in [-0.2, -0.15) is 5.10 Å². The maximum atomic E-state index is 12.3. The molecular weight excluding hydrogens is 282 g/mol. The van der Waals surface area contributed by atoms with Crippen LogP contribution < -0.4 is 5.56 Å². The van der Waals surface area contributed by atoms with E-state index in [0.29, 0.717) is 37.0 Å². The zero-order chi connectivity index (χ0) is 14.3. The predicted molar refractivity (Wildman–Crippen MR) is 74.4 cm³/mol. The molecule has 1 saturated heterocycles. The second-order valence-electron chi connectivity index (χ2n) is 5.32. The number of fused-ring (bicyclic) bond motifs is 1. The van der Waals surface area contributed by atoms with Gasteiger partial charge >= 0.3 is 0 Å². The van der Waals surface area contributed by atoms with Crippen LogP contribution in [0.15, 0.2) is 17.3 Å². The summed E-state index contributed by atoms with van der Waals surface area (Å²) in [7, 11) is 1.74. The van der Waals surface area contributed by atoms with Crippen molar-refractivity contribution in [2.45, 2.75) is 25.0 Å². The fourth-order valence-electron chi connectivity index (χ4n) is 2.55. The summed E-state index contributed by atoms with van der Waals surface area (Å²) in [6.07, 6.45) is 4.05. The zero-order valence-corrected chi connectivity index (χ0v) is 11.9. The molecule has 1 aliphatic heterocycles. The highest BCUT2D eigenvalue weighted by atomic mass is 35.5. The summed E-state index contributed by atoms with van der Waals surface area (Å²) in [5.74, 6) is 0. The number of aromatic nitrogens is 4. The lowest BCUT2D eigenvalue weighted by Crippen LogP contribution is -2.45. The van der Waals surface area contributed by atoms with Gasteiger partial charge in [0.1, 0.15) is 11.7 Å². The first-order valence-electron chi connectivity index (χ1n) is 6.49. The number of hydrogen-bond donors (Lipinski definition) is 1. The first kappa shape index (κ1) is 13.5. The maximum absolute atomic E-state index is 12.3. The van der Waals surface area contributed by atoms with Gasteiger partial charge in [-0.25, -0.2) is 9.40 Å². The van der Waals surface area contributed by atoms with Gasteiger partial charge in [-0.3, -0.25) is 14.0 Å². The molecule has 0 amide bonds. The normalized spacial score (nSPS) is 19.6. The minimum absolute atomic E-state index is 0.176. The Bertz CT molecular complexity index is 687. The van der Waals surface area contributed by atoms with Crippen LogP contribution in [0.1, 0.15) is 12.8 Å². The number of halogens is 1. The zero-order valence-electron chi connectivity index (χ0n) is 11.2. The summed E-state index contributed by atoms with van der Waals surface area (Å²) >= 11 is 5.89. The minimum atomic E-state index is -0.910. The molecule has 0 atom stereocenters. The Kier molecular flexibility index (Phi) is 3.27. The molecule has 1 aliphatic rings. The van der Waals surface area contributed by atoms with Crippen molar-refractivity contribution in [3.8, 4) is 0 Å².